The normalized spacial score (nSPS) is 27.2. The summed E-state index contributed by atoms with van der Waals surface area (Å²) in [6, 6.07) is 0.0936. The number of rotatable bonds is 1. The van der Waals surface area contributed by atoms with E-state index in [2.05, 4.69) is 5.32 Å². The predicted molar refractivity (Wildman–Crippen MR) is 57.8 cm³/mol. The van der Waals surface area contributed by atoms with Crippen LogP contribution >= 0.6 is 0 Å². The van der Waals surface area contributed by atoms with Crippen LogP contribution in [0.25, 0.3) is 0 Å². The molecule has 1 aliphatic rings. The molecule has 1 aliphatic heterocycles. The van der Waals surface area contributed by atoms with Gasteiger partial charge in [-0.15, -0.1) is 0 Å². The number of carbonyl (C=O) groups excluding carboxylic acids is 1. The average Bonchev–Trinajstić information content (AvgIpc) is 2.05. The average molecular weight is 215 g/mol. The van der Waals surface area contributed by atoms with Crippen molar-refractivity contribution in [2.75, 3.05) is 6.61 Å². The van der Waals surface area contributed by atoms with Gasteiger partial charge in [-0.25, -0.2) is 4.79 Å². The fourth-order valence-electron chi connectivity index (χ4n) is 1.47. The van der Waals surface area contributed by atoms with Crippen LogP contribution < -0.4 is 5.32 Å². The highest BCUT2D eigenvalue weighted by Crippen LogP contribution is 2.13. The molecule has 0 aromatic carbocycles. The second-order valence-corrected chi connectivity index (χ2v) is 5.06. The number of hydrogen-bond acceptors (Lipinski definition) is 3. The third-order valence-corrected chi connectivity index (χ3v) is 2.22. The van der Waals surface area contributed by atoms with Gasteiger partial charge in [-0.2, -0.15) is 0 Å². The molecule has 1 heterocycles. The monoisotopic (exact) mass is 215 g/mol. The predicted octanol–water partition coefficient (Wildman–Crippen LogP) is 2.08. The van der Waals surface area contributed by atoms with Crippen LogP contribution in [-0.2, 0) is 9.47 Å². The van der Waals surface area contributed by atoms with Crippen LogP contribution in [0.15, 0.2) is 0 Å². The first kappa shape index (κ1) is 12.3. The summed E-state index contributed by atoms with van der Waals surface area (Å²) in [6.07, 6.45) is 1.90. The van der Waals surface area contributed by atoms with Gasteiger partial charge in [0.15, 0.2) is 0 Å². The third-order valence-electron chi connectivity index (χ3n) is 2.22. The standard InChI is InChI=1S/C11H21NO3/c1-8-5-6-9(7-14-8)12-10(13)15-11(2,3)4/h8-9H,5-7H2,1-4H3,(H,12,13)/t8-,9-/m1/s1. The molecule has 0 aromatic rings. The number of nitrogens with one attached hydrogen (secondary N) is 1. The molecule has 1 N–H and O–H groups in total. The summed E-state index contributed by atoms with van der Waals surface area (Å²) in [5.74, 6) is 0. The van der Waals surface area contributed by atoms with Crippen LogP contribution in [0.5, 0.6) is 0 Å². The summed E-state index contributed by atoms with van der Waals surface area (Å²) >= 11 is 0. The van der Waals surface area contributed by atoms with E-state index in [1.54, 1.807) is 0 Å². The zero-order valence-electron chi connectivity index (χ0n) is 10.0. The van der Waals surface area contributed by atoms with Gasteiger partial charge < -0.3 is 14.8 Å². The van der Waals surface area contributed by atoms with Gasteiger partial charge in [0.05, 0.1) is 18.8 Å². The molecule has 1 amide bonds. The van der Waals surface area contributed by atoms with E-state index < -0.39 is 5.60 Å². The fraction of sp³-hybridized carbons (Fsp3) is 0.909. The van der Waals surface area contributed by atoms with Crippen LogP contribution in [0.4, 0.5) is 4.79 Å². The lowest BCUT2D eigenvalue weighted by Gasteiger charge is -2.28. The molecule has 1 saturated heterocycles. The van der Waals surface area contributed by atoms with E-state index >= 15 is 0 Å². The van der Waals surface area contributed by atoms with Crippen molar-refractivity contribution >= 4 is 6.09 Å². The van der Waals surface area contributed by atoms with Crippen molar-refractivity contribution in [3.05, 3.63) is 0 Å². The summed E-state index contributed by atoms with van der Waals surface area (Å²) in [4.78, 5) is 11.4. The van der Waals surface area contributed by atoms with Crippen molar-refractivity contribution in [1.82, 2.24) is 5.32 Å². The molecular formula is C11H21NO3. The Bertz CT molecular complexity index is 214. The fourth-order valence-corrected chi connectivity index (χ4v) is 1.47. The Morgan fingerprint density at radius 1 is 1.40 bits per heavy atom. The lowest BCUT2D eigenvalue weighted by molar-refractivity contribution is 0.00120. The first-order valence-electron chi connectivity index (χ1n) is 5.48. The molecule has 2 atom stereocenters. The molecule has 0 bridgehead atoms. The van der Waals surface area contributed by atoms with E-state index in [0.717, 1.165) is 12.8 Å². The quantitative estimate of drug-likeness (QED) is 0.728. The van der Waals surface area contributed by atoms with Crippen molar-refractivity contribution in [3.63, 3.8) is 0 Å². The lowest BCUT2D eigenvalue weighted by Crippen LogP contribution is -2.44. The maximum atomic E-state index is 11.4. The van der Waals surface area contributed by atoms with Gasteiger partial charge in [-0.05, 0) is 40.5 Å². The largest absolute Gasteiger partial charge is 0.444 e. The maximum absolute atomic E-state index is 11.4. The molecule has 88 valence electrons. The van der Waals surface area contributed by atoms with Crippen LogP contribution in [-0.4, -0.2) is 30.4 Å². The van der Waals surface area contributed by atoms with Crippen LogP contribution in [0.1, 0.15) is 40.5 Å². The van der Waals surface area contributed by atoms with E-state index in [1.165, 1.54) is 0 Å². The summed E-state index contributed by atoms with van der Waals surface area (Å²) in [7, 11) is 0. The second kappa shape index (κ2) is 4.84. The number of amides is 1. The van der Waals surface area contributed by atoms with E-state index in [-0.39, 0.29) is 12.1 Å². The minimum absolute atomic E-state index is 0.0936. The zero-order valence-corrected chi connectivity index (χ0v) is 10.0. The third kappa shape index (κ3) is 5.02. The number of carbonyl (C=O) groups is 1. The van der Waals surface area contributed by atoms with Crippen molar-refractivity contribution in [2.24, 2.45) is 0 Å². The summed E-state index contributed by atoms with van der Waals surface area (Å²) in [5, 5.41) is 2.81. The molecule has 0 saturated carbocycles. The van der Waals surface area contributed by atoms with Crippen molar-refractivity contribution in [3.8, 4) is 0 Å². The molecule has 0 spiro atoms. The lowest BCUT2D eigenvalue weighted by atomic mass is 10.1. The molecule has 4 nitrogen and oxygen atoms in total. The minimum Gasteiger partial charge on any atom is -0.444 e. The zero-order chi connectivity index (χ0) is 11.5. The van der Waals surface area contributed by atoms with Crippen LogP contribution in [0, 0.1) is 0 Å². The van der Waals surface area contributed by atoms with Crippen molar-refractivity contribution < 1.29 is 14.3 Å². The second-order valence-electron chi connectivity index (χ2n) is 5.06. The Kier molecular flexibility index (Phi) is 3.97. The smallest absolute Gasteiger partial charge is 0.407 e. The Morgan fingerprint density at radius 3 is 2.53 bits per heavy atom. The summed E-state index contributed by atoms with van der Waals surface area (Å²) in [6.45, 7) is 8.19. The Morgan fingerprint density at radius 2 is 2.07 bits per heavy atom. The maximum Gasteiger partial charge on any atom is 0.407 e. The Labute approximate surface area is 91.3 Å². The van der Waals surface area contributed by atoms with E-state index in [1.807, 2.05) is 27.7 Å². The molecule has 1 fully saturated rings. The molecule has 0 aromatic heterocycles. The molecule has 15 heavy (non-hydrogen) atoms. The van der Waals surface area contributed by atoms with Gasteiger partial charge >= 0.3 is 6.09 Å². The van der Waals surface area contributed by atoms with E-state index in [9.17, 15) is 4.79 Å². The van der Waals surface area contributed by atoms with Gasteiger partial charge in [0.25, 0.3) is 0 Å². The first-order chi connectivity index (χ1) is 6.87. The highest BCUT2D eigenvalue weighted by atomic mass is 16.6. The summed E-state index contributed by atoms with van der Waals surface area (Å²) < 4.78 is 10.6. The SMILES string of the molecule is C[C@@H]1CC[C@@H](NC(=O)OC(C)(C)C)CO1. The molecule has 4 heteroatoms. The number of alkyl carbamates (subject to hydrolysis) is 1. The number of hydrogen-bond donors (Lipinski definition) is 1. The highest BCUT2D eigenvalue weighted by Gasteiger charge is 2.23. The van der Waals surface area contributed by atoms with Crippen molar-refractivity contribution in [1.29, 1.82) is 0 Å². The minimum atomic E-state index is -0.438. The molecule has 0 aliphatic carbocycles. The van der Waals surface area contributed by atoms with Gasteiger partial charge in [-0.3, -0.25) is 0 Å². The van der Waals surface area contributed by atoms with Gasteiger partial charge in [0.1, 0.15) is 5.60 Å². The molecular weight excluding hydrogens is 194 g/mol. The first-order valence-corrected chi connectivity index (χ1v) is 5.48. The van der Waals surface area contributed by atoms with E-state index in [4.69, 9.17) is 9.47 Å². The van der Waals surface area contributed by atoms with Crippen LogP contribution in [0.3, 0.4) is 0 Å². The van der Waals surface area contributed by atoms with Gasteiger partial charge in [0, 0.05) is 0 Å². The van der Waals surface area contributed by atoms with E-state index in [0.29, 0.717) is 12.7 Å². The topological polar surface area (TPSA) is 47.6 Å². The highest BCUT2D eigenvalue weighted by molar-refractivity contribution is 5.68. The summed E-state index contributed by atoms with van der Waals surface area (Å²) in [5.41, 5.74) is -0.438. The molecule has 0 unspecified atom stereocenters. The van der Waals surface area contributed by atoms with Crippen molar-refractivity contribution in [2.45, 2.75) is 58.3 Å². The van der Waals surface area contributed by atoms with Crippen LogP contribution in [0.2, 0.25) is 0 Å². The number of ether oxygens (including phenoxy) is 2. The molecule has 1 rings (SSSR count). The Hall–Kier alpha value is -0.770. The Balaban J connectivity index is 2.27. The van der Waals surface area contributed by atoms with Gasteiger partial charge in [-0.1, -0.05) is 0 Å². The van der Waals surface area contributed by atoms with Gasteiger partial charge in [0.2, 0.25) is 0 Å². The molecule has 0 radical (unpaired) electrons.